The molecule has 3 nitrogen and oxygen atoms in total. The van der Waals surface area contributed by atoms with Crippen molar-refractivity contribution >= 4 is 29.1 Å². The Morgan fingerprint density at radius 1 is 1.47 bits per heavy atom. The lowest BCUT2D eigenvalue weighted by molar-refractivity contribution is 0.0950. The van der Waals surface area contributed by atoms with E-state index in [-0.39, 0.29) is 5.91 Å². The first-order chi connectivity index (χ1) is 8.16. The van der Waals surface area contributed by atoms with E-state index in [1.807, 2.05) is 0 Å². The summed E-state index contributed by atoms with van der Waals surface area (Å²) in [5.74, 6) is -0.152. The lowest BCUT2D eigenvalue weighted by Crippen LogP contribution is -2.37. The van der Waals surface area contributed by atoms with Gasteiger partial charge >= 0.3 is 0 Å². The van der Waals surface area contributed by atoms with Crippen LogP contribution in [0.15, 0.2) is 18.2 Å². The van der Waals surface area contributed by atoms with Crippen molar-refractivity contribution in [3.05, 3.63) is 33.8 Å². The smallest absolute Gasteiger partial charge is 0.252 e. The third kappa shape index (κ3) is 3.35. The van der Waals surface area contributed by atoms with E-state index < -0.39 is 0 Å². The molecule has 1 aromatic rings. The number of carbonyl (C=O) groups excluding carboxylic acids is 1. The van der Waals surface area contributed by atoms with E-state index in [1.165, 1.54) is 6.42 Å². The SMILES string of the molecule is O=C(NCC1CCCN1)c1ccc(Cl)cc1Cl. The minimum absolute atomic E-state index is 0.152. The third-order valence-corrected chi connectivity index (χ3v) is 3.39. The van der Waals surface area contributed by atoms with Gasteiger partial charge in [-0.05, 0) is 37.6 Å². The minimum Gasteiger partial charge on any atom is -0.350 e. The Hall–Kier alpha value is -0.770. The molecule has 1 aliphatic heterocycles. The molecule has 1 heterocycles. The van der Waals surface area contributed by atoms with Crippen LogP contribution in [0.1, 0.15) is 23.2 Å². The summed E-state index contributed by atoms with van der Waals surface area (Å²) in [6.07, 6.45) is 2.27. The van der Waals surface area contributed by atoms with Crippen molar-refractivity contribution in [3.63, 3.8) is 0 Å². The van der Waals surface area contributed by atoms with Gasteiger partial charge in [0.15, 0.2) is 0 Å². The van der Waals surface area contributed by atoms with Crippen LogP contribution in [0.5, 0.6) is 0 Å². The van der Waals surface area contributed by atoms with Crippen molar-refractivity contribution in [2.75, 3.05) is 13.1 Å². The Morgan fingerprint density at radius 3 is 2.94 bits per heavy atom. The molecular weight excluding hydrogens is 259 g/mol. The van der Waals surface area contributed by atoms with Crippen LogP contribution in [-0.4, -0.2) is 25.0 Å². The summed E-state index contributed by atoms with van der Waals surface area (Å²) in [5.41, 5.74) is 0.467. The zero-order valence-electron chi connectivity index (χ0n) is 9.30. The van der Waals surface area contributed by atoms with Gasteiger partial charge in [-0.1, -0.05) is 23.2 Å². The summed E-state index contributed by atoms with van der Waals surface area (Å²) in [5, 5.41) is 7.11. The molecule has 0 spiro atoms. The molecule has 0 saturated carbocycles. The van der Waals surface area contributed by atoms with Gasteiger partial charge < -0.3 is 10.6 Å². The number of benzene rings is 1. The molecule has 0 aromatic heterocycles. The maximum atomic E-state index is 11.9. The second-order valence-corrected chi connectivity index (χ2v) is 4.97. The van der Waals surface area contributed by atoms with E-state index in [0.29, 0.717) is 28.2 Å². The third-order valence-electron chi connectivity index (χ3n) is 2.85. The predicted octanol–water partition coefficient (Wildman–Crippen LogP) is 2.48. The number of hydrogen-bond donors (Lipinski definition) is 2. The van der Waals surface area contributed by atoms with Crippen LogP contribution in [0.4, 0.5) is 0 Å². The quantitative estimate of drug-likeness (QED) is 0.888. The van der Waals surface area contributed by atoms with Crippen LogP contribution < -0.4 is 10.6 Å². The first kappa shape index (κ1) is 12.7. The van der Waals surface area contributed by atoms with Gasteiger partial charge in [0.25, 0.3) is 5.91 Å². The molecule has 1 aromatic carbocycles. The van der Waals surface area contributed by atoms with Crippen molar-refractivity contribution in [2.24, 2.45) is 0 Å². The van der Waals surface area contributed by atoms with Crippen molar-refractivity contribution in [3.8, 4) is 0 Å². The molecule has 2 N–H and O–H groups in total. The van der Waals surface area contributed by atoms with Crippen molar-refractivity contribution in [1.29, 1.82) is 0 Å². The molecule has 1 unspecified atom stereocenters. The first-order valence-corrected chi connectivity index (χ1v) is 6.39. The Kier molecular flexibility index (Phi) is 4.26. The molecule has 5 heteroatoms. The number of carbonyl (C=O) groups is 1. The van der Waals surface area contributed by atoms with Crippen molar-refractivity contribution in [1.82, 2.24) is 10.6 Å². The van der Waals surface area contributed by atoms with E-state index in [1.54, 1.807) is 18.2 Å². The number of amides is 1. The molecule has 1 saturated heterocycles. The maximum absolute atomic E-state index is 11.9. The topological polar surface area (TPSA) is 41.1 Å². The van der Waals surface area contributed by atoms with Gasteiger partial charge in [0.05, 0.1) is 10.6 Å². The highest BCUT2D eigenvalue weighted by atomic mass is 35.5. The zero-order chi connectivity index (χ0) is 12.3. The molecular formula is C12H14Cl2N2O. The summed E-state index contributed by atoms with van der Waals surface area (Å²) in [7, 11) is 0. The van der Waals surface area contributed by atoms with E-state index in [4.69, 9.17) is 23.2 Å². The van der Waals surface area contributed by atoms with Crippen LogP contribution in [0, 0.1) is 0 Å². The largest absolute Gasteiger partial charge is 0.350 e. The van der Waals surface area contributed by atoms with Crippen LogP contribution in [0.3, 0.4) is 0 Å². The van der Waals surface area contributed by atoms with E-state index in [2.05, 4.69) is 10.6 Å². The second kappa shape index (κ2) is 5.71. The molecule has 92 valence electrons. The highest BCUT2D eigenvalue weighted by molar-refractivity contribution is 6.36. The Morgan fingerprint density at radius 2 is 2.29 bits per heavy atom. The molecule has 17 heavy (non-hydrogen) atoms. The average molecular weight is 273 g/mol. The fraction of sp³-hybridized carbons (Fsp3) is 0.417. The monoisotopic (exact) mass is 272 g/mol. The van der Waals surface area contributed by atoms with Crippen LogP contribution in [0.2, 0.25) is 10.0 Å². The average Bonchev–Trinajstić information content (AvgIpc) is 2.78. The van der Waals surface area contributed by atoms with Crippen LogP contribution in [0.25, 0.3) is 0 Å². The first-order valence-electron chi connectivity index (χ1n) is 5.63. The molecule has 2 rings (SSSR count). The maximum Gasteiger partial charge on any atom is 0.252 e. The molecule has 0 bridgehead atoms. The Labute approximate surface area is 110 Å². The number of nitrogens with one attached hydrogen (secondary N) is 2. The summed E-state index contributed by atoms with van der Waals surface area (Å²) in [6, 6.07) is 5.26. The number of hydrogen-bond acceptors (Lipinski definition) is 2. The molecule has 0 radical (unpaired) electrons. The summed E-state index contributed by atoms with van der Waals surface area (Å²) < 4.78 is 0. The van der Waals surface area contributed by atoms with E-state index >= 15 is 0 Å². The highest BCUT2D eigenvalue weighted by Gasteiger charge is 2.16. The Bertz CT molecular complexity index is 417. The molecule has 1 aliphatic rings. The lowest BCUT2D eigenvalue weighted by atomic mass is 10.2. The number of halogens is 2. The van der Waals surface area contributed by atoms with Gasteiger partial charge in [-0.2, -0.15) is 0 Å². The highest BCUT2D eigenvalue weighted by Crippen LogP contribution is 2.20. The predicted molar refractivity (Wildman–Crippen MR) is 69.8 cm³/mol. The molecule has 1 atom stereocenters. The fourth-order valence-electron chi connectivity index (χ4n) is 1.92. The summed E-state index contributed by atoms with van der Waals surface area (Å²) >= 11 is 11.7. The van der Waals surface area contributed by atoms with Gasteiger partial charge in [0.2, 0.25) is 0 Å². The Balaban J connectivity index is 1.94. The van der Waals surface area contributed by atoms with Gasteiger partial charge in [-0.3, -0.25) is 4.79 Å². The second-order valence-electron chi connectivity index (χ2n) is 4.13. The molecule has 1 fully saturated rings. The number of rotatable bonds is 3. The van der Waals surface area contributed by atoms with Gasteiger partial charge in [-0.15, -0.1) is 0 Å². The van der Waals surface area contributed by atoms with Crippen molar-refractivity contribution < 1.29 is 4.79 Å². The van der Waals surface area contributed by atoms with E-state index in [9.17, 15) is 4.79 Å². The van der Waals surface area contributed by atoms with Gasteiger partial charge in [-0.25, -0.2) is 0 Å². The fourth-order valence-corrected chi connectivity index (χ4v) is 2.41. The van der Waals surface area contributed by atoms with E-state index in [0.717, 1.165) is 13.0 Å². The van der Waals surface area contributed by atoms with Crippen LogP contribution in [-0.2, 0) is 0 Å². The lowest BCUT2D eigenvalue weighted by Gasteiger charge is -2.12. The van der Waals surface area contributed by atoms with Gasteiger partial charge in [0, 0.05) is 17.6 Å². The minimum atomic E-state index is -0.152. The standard InChI is InChI=1S/C12H14Cl2N2O/c13-8-3-4-10(11(14)6-8)12(17)16-7-9-2-1-5-15-9/h3-4,6,9,15H,1-2,5,7H2,(H,16,17). The molecule has 0 aliphatic carbocycles. The van der Waals surface area contributed by atoms with Crippen LogP contribution >= 0.6 is 23.2 Å². The zero-order valence-corrected chi connectivity index (χ0v) is 10.8. The summed E-state index contributed by atoms with van der Waals surface area (Å²) in [6.45, 7) is 1.67. The molecule has 1 amide bonds. The summed E-state index contributed by atoms with van der Waals surface area (Å²) in [4.78, 5) is 11.9. The van der Waals surface area contributed by atoms with Gasteiger partial charge in [0.1, 0.15) is 0 Å². The normalized spacial score (nSPS) is 19.3. The van der Waals surface area contributed by atoms with Crippen molar-refractivity contribution in [2.45, 2.75) is 18.9 Å².